The van der Waals surface area contributed by atoms with Crippen molar-refractivity contribution in [3.8, 4) is 0 Å². The lowest BCUT2D eigenvalue weighted by Gasteiger charge is -2.19. The van der Waals surface area contributed by atoms with E-state index in [1.54, 1.807) is 13.8 Å². The summed E-state index contributed by atoms with van der Waals surface area (Å²) in [5.74, 6) is -1.33. The largest absolute Gasteiger partial charge is 0.480 e. The average Bonchev–Trinajstić information content (AvgIpc) is 2.71. The summed E-state index contributed by atoms with van der Waals surface area (Å²) in [6.45, 7) is 5.29. The van der Waals surface area contributed by atoms with Gasteiger partial charge in [0.25, 0.3) is 5.91 Å². The lowest BCUT2D eigenvalue weighted by Crippen LogP contribution is -2.45. The highest BCUT2D eigenvalue weighted by molar-refractivity contribution is 5.93. The first-order valence-corrected chi connectivity index (χ1v) is 5.38. The molecular formula is C10H16N4O3. The van der Waals surface area contributed by atoms with E-state index in [9.17, 15) is 9.59 Å². The Hall–Kier alpha value is -1.92. The molecule has 1 rings (SSSR count). The van der Waals surface area contributed by atoms with Crippen molar-refractivity contribution in [1.82, 2.24) is 20.5 Å². The normalized spacial score (nSPS) is 14.1. The van der Waals surface area contributed by atoms with Gasteiger partial charge >= 0.3 is 5.97 Å². The van der Waals surface area contributed by atoms with Crippen LogP contribution in [0.15, 0.2) is 0 Å². The zero-order valence-electron chi connectivity index (χ0n) is 10.0. The Bertz CT molecular complexity index is 415. The lowest BCUT2D eigenvalue weighted by atomic mass is 9.99. The van der Waals surface area contributed by atoms with Crippen LogP contribution in [-0.4, -0.2) is 38.2 Å². The Morgan fingerprint density at radius 3 is 2.59 bits per heavy atom. The van der Waals surface area contributed by atoms with E-state index in [4.69, 9.17) is 5.11 Å². The minimum Gasteiger partial charge on any atom is -0.480 e. The number of nitrogens with zero attached hydrogens (tertiary/aromatic N) is 2. The molecule has 7 heteroatoms. The molecule has 0 aliphatic rings. The predicted octanol–water partition coefficient (Wildman–Crippen LogP) is 0.342. The van der Waals surface area contributed by atoms with E-state index < -0.39 is 17.9 Å². The van der Waals surface area contributed by atoms with Gasteiger partial charge in [-0.2, -0.15) is 0 Å². The molecule has 94 valence electrons. The van der Waals surface area contributed by atoms with Crippen LogP contribution in [0.3, 0.4) is 0 Å². The third-order valence-corrected chi connectivity index (χ3v) is 2.57. The van der Waals surface area contributed by atoms with Gasteiger partial charge in [-0.25, -0.2) is 9.78 Å². The maximum absolute atomic E-state index is 11.7. The molecule has 7 nitrogen and oxygen atoms in total. The highest BCUT2D eigenvalue weighted by atomic mass is 16.4. The molecule has 0 aliphatic heterocycles. The first-order valence-electron chi connectivity index (χ1n) is 5.38. The molecule has 0 saturated carbocycles. The van der Waals surface area contributed by atoms with E-state index in [0.29, 0.717) is 12.2 Å². The number of aromatic amines is 1. The van der Waals surface area contributed by atoms with Gasteiger partial charge in [0, 0.05) is 0 Å². The fourth-order valence-electron chi connectivity index (χ4n) is 1.33. The van der Waals surface area contributed by atoms with Crippen molar-refractivity contribution in [2.45, 2.75) is 33.2 Å². The van der Waals surface area contributed by atoms with Crippen molar-refractivity contribution in [2.24, 2.45) is 5.92 Å². The highest BCUT2D eigenvalue weighted by Crippen LogP contribution is 2.08. The topological polar surface area (TPSA) is 108 Å². The average molecular weight is 240 g/mol. The summed E-state index contributed by atoms with van der Waals surface area (Å²) >= 11 is 0. The number of carbonyl (C=O) groups is 2. The number of hydrogen-bond donors (Lipinski definition) is 3. The molecule has 0 fully saturated rings. The van der Waals surface area contributed by atoms with E-state index in [0.717, 1.165) is 0 Å². The van der Waals surface area contributed by atoms with Crippen LogP contribution in [0.1, 0.15) is 36.7 Å². The molecule has 17 heavy (non-hydrogen) atoms. The second-order valence-electron chi connectivity index (χ2n) is 3.92. The Morgan fingerprint density at radius 1 is 1.53 bits per heavy atom. The zero-order chi connectivity index (χ0) is 13.0. The van der Waals surface area contributed by atoms with Crippen molar-refractivity contribution < 1.29 is 14.7 Å². The fraction of sp³-hybridized carbons (Fsp3) is 0.600. The number of aliphatic carboxylic acids is 1. The van der Waals surface area contributed by atoms with Gasteiger partial charge in [0.1, 0.15) is 11.9 Å². The van der Waals surface area contributed by atoms with Crippen LogP contribution in [0, 0.1) is 12.8 Å². The van der Waals surface area contributed by atoms with Crippen LogP contribution >= 0.6 is 0 Å². The number of aryl methyl sites for hydroxylation is 1. The van der Waals surface area contributed by atoms with Gasteiger partial charge in [0.15, 0.2) is 0 Å². The van der Waals surface area contributed by atoms with E-state index in [-0.39, 0.29) is 11.7 Å². The molecule has 1 unspecified atom stereocenters. The number of carboxylic acids is 1. The van der Waals surface area contributed by atoms with E-state index in [1.807, 2.05) is 6.92 Å². The first-order chi connectivity index (χ1) is 7.95. The second-order valence-corrected chi connectivity index (χ2v) is 3.92. The van der Waals surface area contributed by atoms with Crippen molar-refractivity contribution >= 4 is 11.9 Å². The van der Waals surface area contributed by atoms with Gasteiger partial charge in [-0.1, -0.05) is 20.3 Å². The standard InChI is InChI=1S/C10H16N4O3/c1-4-5(2)7(10(16)17)12-9(15)8-11-6(3)13-14-8/h5,7H,4H2,1-3H3,(H,12,15)(H,16,17)(H,11,13,14)/t5?,7-/m0/s1. The fourth-order valence-corrected chi connectivity index (χ4v) is 1.33. The molecule has 1 amide bonds. The van der Waals surface area contributed by atoms with Crippen LogP contribution < -0.4 is 5.32 Å². The third kappa shape index (κ3) is 3.27. The predicted molar refractivity (Wildman–Crippen MR) is 59.5 cm³/mol. The minimum atomic E-state index is -1.06. The SMILES string of the molecule is CCC(C)[C@H](NC(=O)c1n[nH]c(C)n1)C(=O)O. The molecule has 0 bridgehead atoms. The van der Waals surface area contributed by atoms with Gasteiger partial charge in [-0.15, -0.1) is 5.10 Å². The number of aromatic nitrogens is 3. The quantitative estimate of drug-likeness (QED) is 0.687. The summed E-state index contributed by atoms with van der Waals surface area (Å²) in [4.78, 5) is 26.5. The van der Waals surface area contributed by atoms with Gasteiger partial charge in [-0.3, -0.25) is 9.89 Å². The lowest BCUT2D eigenvalue weighted by molar-refractivity contribution is -0.140. The second kappa shape index (κ2) is 5.42. The summed E-state index contributed by atoms with van der Waals surface area (Å²) in [6.07, 6.45) is 0.657. The van der Waals surface area contributed by atoms with Gasteiger partial charge in [0.2, 0.25) is 5.82 Å². The zero-order valence-corrected chi connectivity index (χ0v) is 10.0. The Morgan fingerprint density at radius 2 is 2.18 bits per heavy atom. The van der Waals surface area contributed by atoms with Crippen LogP contribution in [0.25, 0.3) is 0 Å². The van der Waals surface area contributed by atoms with Crippen LogP contribution in [-0.2, 0) is 4.79 Å². The van der Waals surface area contributed by atoms with Crippen LogP contribution in [0.5, 0.6) is 0 Å². The van der Waals surface area contributed by atoms with Crippen molar-refractivity contribution in [3.63, 3.8) is 0 Å². The number of amides is 1. The van der Waals surface area contributed by atoms with Gasteiger partial charge in [0.05, 0.1) is 0 Å². The molecule has 0 aromatic carbocycles. The van der Waals surface area contributed by atoms with Crippen molar-refractivity contribution in [3.05, 3.63) is 11.6 Å². The molecule has 1 aromatic rings. The Kier molecular flexibility index (Phi) is 4.19. The van der Waals surface area contributed by atoms with E-state index >= 15 is 0 Å². The number of hydrogen-bond acceptors (Lipinski definition) is 4. The van der Waals surface area contributed by atoms with E-state index in [1.165, 1.54) is 0 Å². The van der Waals surface area contributed by atoms with Crippen LogP contribution in [0.2, 0.25) is 0 Å². The molecule has 1 heterocycles. The van der Waals surface area contributed by atoms with Crippen molar-refractivity contribution in [2.75, 3.05) is 0 Å². The monoisotopic (exact) mass is 240 g/mol. The summed E-state index contributed by atoms with van der Waals surface area (Å²) in [5.41, 5.74) is 0. The molecular weight excluding hydrogens is 224 g/mol. The number of rotatable bonds is 5. The first kappa shape index (κ1) is 13.1. The summed E-state index contributed by atoms with van der Waals surface area (Å²) in [6, 6.07) is -0.925. The van der Waals surface area contributed by atoms with E-state index in [2.05, 4.69) is 20.5 Å². The maximum Gasteiger partial charge on any atom is 0.326 e. The molecule has 0 aliphatic carbocycles. The molecule has 1 aromatic heterocycles. The highest BCUT2D eigenvalue weighted by Gasteiger charge is 2.26. The number of carbonyl (C=O) groups excluding carboxylic acids is 1. The smallest absolute Gasteiger partial charge is 0.326 e. The maximum atomic E-state index is 11.7. The molecule has 2 atom stereocenters. The van der Waals surface area contributed by atoms with Gasteiger partial charge in [-0.05, 0) is 12.8 Å². The number of carboxylic acid groups (broad SMARTS) is 1. The summed E-state index contributed by atoms with van der Waals surface area (Å²) in [5, 5.41) is 17.6. The molecule has 0 radical (unpaired) electrons. The summed E-state index contributed by atoms with van der Waals surface area (Å²) < 4.78 is 0. The minimum absolute atomic E-state index is 0.0444. The third-order valence-electron chi connectivity index (χ3n) is 2.57. The molecule has 0 spiro atoms. The van der Waals surface area contributed by atoms with Crippen LogP contribution in [0.4, 0.5) is 0 Å². The summed E-state index contributed by atoms with van der Waals surface area (Å²) in [7, 11) is 0. The number of H-pyrrole nitrogens is 1. The Labute approximate surface area is 98.6 Å². The number of nitrogens with one attached hydrogen (secondary N) is 2. The van der Waals surface area contributed by atoms with Gasteiger partial charge < -0.3 is 10.4 Å². The Balaban J connectivity index is 2.74. The molecule has 0 saturated heterocycles. The molecule has 3 N–H and O–H groups in total. The van der Waals surface area contributed by atoms with Crippen molar-refractivity contribution in [1.29, 1.82) is 0 Å².